The molecule has 1 aromatic rings. The van der Waals surface area contributed by atoms with E-state index in [9.17, 15) is 0 Å². The topological polar surface area (TPSA) is 15.3 Å². The largest absolute Gasteiger partial charge is 0.314 e. The summed E-state index contributed by atoms with van der Waals surface area (Å²) in [5.74, 6) is 0. The van der Waals surface area contributed by atoms with E-state index >= 15 is 0 Å². The second-order valence-corrected chi connectivity index (χ2v) is 5.35. The third-order valence-electron chi connectivity index (χ3n) is 3.89. The number of nitrogens with zero attached hydrogens (tertiary/aromatic N) is 1. The number of aryl methyl sites for hydroxylation is 1. The highest BCUT2D eigenvalue weighted by molar-refractivity contribution is 5.24. The molecule has 1 fully saturated rings. The van der Waals surface area contributed by atoms with Gasteiger partial charge in [-0.1, -0.05) is 49.6 Å². The summed E-state index contributed by atoms with van der Waals surface area (Å²) in [6.45, 7) is 9.08. The zero-order valence-corrected chi connectivity index (χ0v) is 11.8. The van der Waals surface area contributed by atoms with Crippen LogP contribution in [-0.2, 0) is 0 Å². The molecule has 2 heteroatoms. The van der Waals surface area contributed by atoms with Gasteiger partial charge in [0.1, 0.15) is 0 Å². The van der Waals surface area contributed by atoms with Gasteiger partial charge in [-0.15, -0.1) is 0 Å². The molecule has 0 radical (unpaired) electrons. The lowest BCUT2D eigenvalue weighted by atomic mass is 9.98. The summed E-state index contributed by atoms with van der Waals surface area (Å²) in [4.78, 5) is 2.65. The van der Waals surface area contributed by atoms with Crippen molar-refractivity contribution in [3.05, 3.63) is 35.4 Å². The van der Waals surface area contributed by atoms with Crippen LogP contribution in [0.25, 0.3) is 0 Å². The van der Waals surface area contributed by atoms with Crippen LogP contribution in [0.3, 0.4) is 0 Å². The van der Waals surface area contributed by atoms with E-state index in [1.807, 2.05) is 0 Å². The molecule has 18 heavy (non-hydrogen) atoms. The Kier molecular flexibility index (Phi) is 5.21. The van der Waals surface area contributed by atoms with Gasteiger partial charge in [-0.25, -0.2) is 0 Å². The van der Waals surface area contributed by atoms with Crippen molar-refractivity contribution in [2.24, 2.45) is 0 Å². The average molecular weight is 246 g/mol. The molecule has 1 atom stereocenters. The highest BCUT2D eigenvalue weighted by atomic mass is 15.2. The summed E-state index contributed by atoms with van der Waals surface area (Å²) < 4.78 is 0. The Morgan fingerprint density at radius 1 is 1.17 bits per heavy atom. The van der Waals surface area contributed by atoms with Crippen molar-refractivity contribution in [2.45, 2.75) is 39.2 Å². The maximum Gasteiger partial charge on any atom is 0.0349 e. The maximum absolute atomic E-state index is 3.44. The standard InChI is InChI=1S/C16H26N2/c1-3-4-5-16(18-12-10-17-11-13-18)15-8-6-14(2)7-9-15/h6-9,16-17H,3-5,10-13H2,1-2H3/t16-/m0/s1. The molecule has 0 amide bonds. The quantitative estimate of drug-likeness (QED) is 0.858. The van der Waals surface area contributed by atoms with Gasteiger partial charge in [0.15, 0.2) is 0 Å². The van der Waals surface area contributed by atoms with Crippen LogP contribution in [0.5, 0.6) is 0 Å². The van der Waals surface area contributed by atoms with Gasteiger partial charge in [0.05, 0.1) is 0 Å². The fourth-order valence-electron chi connectivity index (χ4n) is 2.74. The van der Waals surface area contributed by atoms with E-state index < -0.39 is 0 Å². The molecule has 1 aliphatic rings. The number of nitrogens with one attached hydrogen (secondary N) is 1. The lowest BCUT2D eigenvalue weighted by Crippen LogP contribution is -2.45. The van der Waals surface area contributed by atoms with Crippen molar-refractivity contribution in [1.29, 1.82) is 0 Å². The minimum atomic E-state index is 0.618. The molecule has 2 nitrogen and oxygen atoms in total. The molecule has 0 aromatic heterocycles. The number of hydrogen-bond donors (Lipinski definition) is 1. The second-order valence-electron chi connectivity index (χ2n) is 5.35. The SMILES string of the molecule is CCCC[C@@H](c1ccc(C)cc1)N1CCNCC1. The third-order valence-corrected chi connectivity index (χ3v) is 3.89. The van der Waals surface area contributed by atoms with Crippen LogP contribution in [0, 0.1) is 6.92 Å². The predicted molar refractivity (Wildman–Crippen MR) is 77.9 cm³/mol. The smallest absolute Gasteiger partial charge is 0.0349 e. The average Bonchev–Trinajstić information content (AvgIpc) is 2.42. The molecule has 100 valence electrons. The Labute approximate surface area is 111 Å². The summed E-state index contributed by atoms with van der Waals surface area (Å²) in [5, 5.41) is 3.44. The van der Waals surface area contributed by atoms with Gasteiger partial charge < -0.3 is 5.32 Å². The first kappa shape index (κ1) is 13.6. The summed E-state index contributed by atoms with van der Waals surface area (Å²) in [6, 6.07) is 9.75. The van der Waals surface area contributed by atoms with Crippen molar-refractivity contribution in [3.8, 4) is 0 Å². The van der Waals surface area contributed by atoms with Crippen LogP contribution in [0.2, 0.25) is 0 Å². The lowest BCUT2D eigenvalue weighted by molar-refractivity contribution is 0.163. The van der Waals surface area contributed by atoms with Gasteiger partial charge in [-0.05, 0) is 18.9 Å². The van der Waals surface area contributed by atoms with E-state index in [4.69, 9.17) is 0 Å². The Bertz CT molecular complexity index is 339. The molecule has 1 heterocycles. The van der Waals surface area contributed by atoms with Gasteiger partial charge in [-0.3, -0.25) is 4.90 Å². The van der Waals surface area contributed by atoms with Crippen molar-refractivity contribution < 1.29 is 0 Å². The molecule has 1 aliphatic heterocycles. The van der Waals surface area contributed by atoms with Gasteiger partial charge in [0.25, 0.3) is 0 Å². The molecule has 0 aliphatic carbocycles. The van der Waals surface area contributed by atoms with E-state index in [-0.39, 0.29) is 0 Å². The summed E-state index contributed by atoms with van der Waals surface area (Å²) in [6.07, 6.45) is 3.90. The van der Waals surface area contributed by atoms with Crippen molar-refractivity contribution in [1.82, 2.24) is 10.2 Å². The first-order chi connectivity index (χ1) is 8.81. The minimum Gasteiger partial charge on any atom is -0.314 e. The lowest BCUT2D eigenvalue weighted by Gasteiger charge is -2.35. The highest BCUT2D eigenvalue weighted by Gasteiger charge is 2.21. The van der Waals surface area contributed by atoms with Crippen LogP contribution < -0.4 is 5.32 Å². The van der Waals surface area contributed by atoms with E-state index in [1.54, 1.807) is 0 Å². The molecular formula is C16H26N2. The molecule has 2 rings (SSSR count). The highest BCUT2D eigenvalue weighted by Crippen LogP contribution is 2.26. The number of piperazine rings is 1. The van der Waals surface area contributed by atoms with E-state index in [0.717, 1.165) is 13.1 Å². The molecule has 1 N–H and O–H groups in total. The maximum atomic E-state index is 3.44. The van der Waals surface area contributed by atoms with Crippen molar-refractivity contribution in [2.75, 3.05) is 26.2 Å². The van der Waals surface area contributed by atoms with Crippen molar-refractivity contribution in [3.63, 3.8) is 0 Å². The Balaban J connectivity index is 2.10. The van der Waals surface area contributed by atoms with Crippen LogP contribution >= 0.6 is 0 Å². The normalized spacial score (nSPS) is 18.8. The van der Waals surface area contributed by atoms with E-state index in [1.165, 1.54) is 43.5 Å². The van der Waals surface area contributed by atoms with E-state index in [0.29, 0.717) is 6.04 Å². The molecule has 0 saturated carbocycles. The number of benzene rings is 1. The Hall–Kier alpha value is -0.860. The van der Waals surface area contributed by atoms with Gasteiger partial charge in [-0.2, -0.15) is 0 Å². The number of unbranched alkanes of at least 4 members (excludes halogenated alkanes) is 1. The minimum absolute atomic E-state index is 0.618. The molecule has 0 bridgehead atoms. The fourth-order valence-corrected chi connectivity index (χ4v) is 2.74. The molecule has 0 unspecified atom stereocenters. The van der Waals surface area contributed by atoms with E-state index in [2.05, 4.69) is 48.3 Å². The first-order valence-corrected chi connectivity index (χ1v) is 7.32. The molecule has 1 saturated heterocycles. The number of rotatable bonds is 5. The zero-order valence-electron chi connectivity index (χ0n) is 11.8. The fraction of sp³-hybridized carbons (Fsp3) is 0.625. The van der Waals surface area contributed by atoms with Crippen LogP contribution in [0.1, 0.15) is 43.4 Å². The molecular weight excluding hydrogens is 220 g/mol. The Morgan fingerprint density at radius 2 is 1.83 bits per heavy atom. The van der Waals surface area contributed by atoms with Gasteiger partial charge in [0, 0.05) is 32.2 Å². The van der Waals surface area contributed by atoms with Crippen molar-refractivity contribution >= 4 is 0 Å². The summed E-state index contributed by atoms with van der Waals surface area (Å²) >= 11 is 0. The van der Waals surface area contributed by atoms with Gasteiger partial charge in [0.2, 0.25) is 0 Å². The predicted octanol–water partition coefficient (Wildman–Crippen LogP) is 3.13. The van der Waals surface area contributed by atoms with Crippen LogP contribution in [0.4, 0.5) is 0 Å². The zero-order chi connectivity index (χ0) is 12.8. The summed E-state index contributed by atoms with van der Waals surface area (Å²) in [7, 11) is 0. The molecule has 0 spiro atoms. The van der Waals surface area contributed by atoms with Crippen LogP contribution in [-0.4, -0.2) is 31.1 Å². The van der Waals surface area contributed by atoms with Crippen LogP contribution in [0.15, 0.2) is 24.3 Å². The second kappa shape index (κ2) is 6.91. The van der Waals surface area contributed by atoms with Gasteiger partial charge >= 0.3 is 0 Å². The first-order valence-electron chi connectivity index (χ1n) is 7.32. The third kappa shape index (κ3) is 3.56. The molecule has 1 aromatic carbocycles. The number of hydrogen-bond acceptors (Lipinski definition) is 2. The monoisotopic (exact) mass is 246 g/mol. The Morgan fingerprint density at radius 3 is 2.44 bits per heavy atom. The summed E-state index contributed by atoms with van der Waals surface area (Å²) in [5.41, 5.74) is 2.85.